The maximum absolute atomic E-state index is 12.0. The van der Waals surface area contributed by atoms with Gasteiger partial charge in [-0.25, -0.2) is 4.79 Å². The number of aromatic nitrogens is 1. The number of hydrogen-bond donors (Lipinski definition) is 1. The second-order valence-corrected chi connectivity index (χ2v) is 8.08. The van der Waals surface area contributed by atoms with Crippen molar-refractivity contribution in [2.45, 2.75) is 27.2 Å². The van der Waals surface area contributed by atoms with Crippen LogP contribution < -0.4 is 4.90 Å². The average Bonchev–Trinajstić information content (AvgIpc) is 2.79. The van der Waals surface area contributed by atoms with E-state index in [9.17, 15) is 9.59 Å². The van der Waals surface area contributed by atoms with Crippen molar-refractivity contribution in [1.82, 2.24) is 4.98 Å². The van der Waals surface area contributed by atoms with E-state index >= 15 is 0 Å². The Morgan fingerprint density at radius 3 is 2.48 bits per heavy atom. The van der Waals surface area contributed by atoms with Crippen LogP contribution in [-0.2, 0) is 16.0 Å². The molecule has 3 rings (SSSR count). The number of halogens is 3. The van der Waals surface area contributed by atoms with Crippen molar-refractivity contribution >= 4 is 63.3 Å². The molecule has 1 aromatic heterocycles. The Morgan fingerprint density at radius 2 is 1.88 bits per heavy atom. The standard InChI is InChI=1S/C14H20ClNO2.C10H5Cl2NO2/c1-4-12-8-6-7-11(3)14(12)16(10-18-5-2)13(17)9-15;11-6-3-5-1-2-7(12)8(10(14)15)9(5)13-4-6/h6-8H,4-5,9-10H2,1-3H3;1-4H,(H,14,15). The van der Waals surface area contributed by atoms with Gasteiger partial charge < -0.3 is 9.84 Å². The number of amides is 1. The Morgan fingerprint density at radius 1 is 1.15 bits per heavy atom. The van der Waals surface area contributed by atoms with Crippen LogP contribution in [0.4, 0.5) is 5.69 Å². The molecule has 0 bridgehead atoms. The fourth-order valence-corrected chi connectivity index (χ4v) is 3.80. The van der Waals surface area contributed by atoms with Crippen LogP contribution in [0.25, 0.3) is 10.9 Å². The molecule has 0 aliphatic heterocycles. The molecule has 33 heavy (non-hydrogen) atoms. The molecule has 2 aromatic carbocycles. The number of hydrogen-bond acceptors (Lipinski definition) is 4. The van der Waals surface area contributed by atoms with Crippen molar-refractivity contribution in [2.24, 2.45) is 0 Å². The summed E-state index contributed by atoms with van der Waals surface area (Å²) < 4.78 is 5.37. The molecule has 176 valence electrons. The van der Waals surface area contributed by atoms with Gasteiger partial charge in [0, 0.05) is 18.2 Å². The van der Waals surface area contributed by atoms with Crippen LogP contribution in [0.3, 0.4) is 0 Å². The van der Waals surface area contributed by atoms with Crippen LogP contribution in [0.5, 0.6) is 0 Å². The Kier molecular flexibility index (Phi) is 10.4. The van der Waals surface area contributed by atoms with Gasteiger partial charge in [-0.2, -0.15) is 0 Å². The third-order valence-corrected chi connectivity index (χ3v) is 5.54. The van der Waals surface area contributed by atoms with E-state index < -0.39 is 5.97 Å². The van der Waals surface area contributed by atoms with E-state index in [0.29, 0.717) is 22.5 Å². The monoisotopic (exact) mass is 510 g/mol. The molecule has 1 N–H and O–H groups in total. The van der Waals surface area contributed by atoms with Gasteiger partial charge in [0.2, 0.25) is 5.91 Å². The van der Waals surface area contributed by atoms with Gasteiger partial charge in [-0.1, -0.05) is 54.4 Å². The first-order valence-electron chi connectivity index (χ1n) is 10.2. The van der Waals surface area contributed by atoms with Gasteiger partial charge in [0.15, 0.2) is 0 Å². The van der Waals surface area contributed by atoms with Crippen molar-refractivity contribution in [2.75, 3.05) is 24.1 Å². The number of carboxylic acids is 1. The van der Waals surface area contributed by atoms with Gasteiger partial charge in [0.25, 0.3) is 0 Å². The first kappa shape index (κ1) is 26.9. The van der Waals surface area contributed by atoms with E-state index in [4.69, 9.17) is 44.6 Å². The number of pyridine rings is 1. The minimum absolute atomic E-state index is 0.00540. The summed E-state index contributed by atoms with van der Waals surface area (Å²) in [6, 6.07) is 10.9. The lowest BCUT2D eigenvalue weighted by Crippen LogP contribution is -2.35. The number of carbonyl (C=O) groups excluding carboxylic acids is 1. The maximum atomic E-state index is 12.0. The van der Waals surface area contributed by atoms with Crippen molar-refractivity contribution < 1.29 is 19.4 Å². The van der Waals surface area contributed by atoms with Gasteiger partial charge in [0.1, 0.15) is 18.2 Å². The van der Waals surface area contributed by atoms with E-state index in [1.165, 1.54) is 12.3 Å². The largest absolute Gasteiger partial charge is 0.478 e. The van der Waals surface area contributed by atoms with E-state index in [-0.39, 0.29) is 29.1 Å². The topological polar surface area (TPSA) is 79.7 Å². The van der Waals surface area contributed by atoms with E-state index in [2.05, 4.69) is 11.9 Å². The van der Waals surface area contributed by atoms with Crippen molar-refractivity contribution in [3.05, 3.63) is 69.3 Å². The van der Waals surface area contributed by atoms with Crippen LogP contribution in [0.1, 0.15) is 35.3 Å². The Hall–Kier alpha value is -2.38. The molecule has 0 aliphatic rings. The molecule has 0 radical (unpaired) electrons. The fraction of sp³-hybridized carbons (Fsp3) is 0.292. The van der Waals surface area contributed by atoms with Crippen molar-refractivity contribution in [3.8, 4) is 0 Å². The molecule has 0 saturated carbocycles. The normalized spacial score (nSPS) is 10.5. The Balaban J connectivity index is 0.000000237. The molecule has 0 saturated heterocycles. The first-order chi connectivity index (χ1) is 15.7. The highest BCUT2D eigenvalue weighted by Gasteiger charge is 2.19. The zero-order valence-electron chi connectivity index (χ0n) is 18.6. The molecule has 0 atom stereocenters. The summed E-state index contributed by atoms with van der Waals surface area (Å²) in [4.78, 5) is 28.5. The molecule has 9 heteroatoms. The summed E-state index contributed by atoms with van der Waals surface area (Å²) in [5.41, 5.74) is 3.48. The number of carboxylic acid groups (broad SMARTS) is 1. The van der Waals surface area contributed by atoms with Crippen LogP contribution in [-0.4, -0.2) is 41.2 Å². The molecule has 0 spiro atoms. The zero-order valence-corrected chi connectivity index (χ0v) is 20.8. The molecule has 0 aliphatic carbocycles. The summed E-state index contributed by atoms with van der Waals surface area (Å²) in [7, 11) is 0. The summed E-state index contributed by atoms with van der Waals surface area (Å²) >= 11 is 17.2. The van der Waals surface area contributed by atoms with Gasteiger partial charge >= 0.3 is 5.97 Å². The average molecular weight is 512 g/mol. The summed E-state index contributed by atoms with van der Waals surface area (Å²) in [5.74, 6) is -1.26. The van der Waals surface area contributed by atoms with Gasteiger partial charge in [-0.15, -0.1) is 11.6 Å². The molecule has 1 heterocycles. The lowest BCUT2D eigenvalue weighted by Gasteiger charge is -2.25. The molecule has 6 nitrogen and oxygen atoms in total. The number of ether oxygens (including phenoxy) is 1. The third-order valence-electron chi connectivity index (χ3n) is 4.79. The number of aryl methyl sites for hydroxylation is 2. The number of para-hydroxylation sites is 1. The van der Waals surface area contributed by atoms with Crippen LogP contribution in [0, 0.1) is 6.92 Å². The second kappa shape index (κ2) is 12.8. The van der Waals surface area contributed by atoms with Crippen LogP contribution in [0.15, 0.2) is 42.6 Å². The second-order valence-electron chi connectivity index (χ2n) is 6.97. The lowest BCUT2D eigenvalue weighted by molar-refractivity contribution is -0.117. The molecule has 1 amide bonds. The first-order valence-corrected chi connectivity index (χ1v) is 11.5. The maximum Gasteiger partial charge on any atom is 0.339 e. The quantitative estimate of drug-likeness (QED) is 0.295. The Labute approximate surface area is 208 Å². The summed E-state index contributed by atoms with van der Waals surface area (Å²) in [6.45, 7) is 6.79. The number of anilines is 1. The van der Waals surface area contributed by atoms with Gasteiger partial charge in [-0.05, 0) is 43.5 Å². The van der Waals surface area contributed by atoms with E-state index in [1.54, 1.807) is 17.0 Å². The number of rotatable bonds is 7. The Bertz CT molecular complexity index is 1140. The van der Waals surface area contributed by atoms with Crippen molar-refractivity contribution in [3.63, 3.8) is 0 Å². The third kappa shape index (κ3) is 6.81. The SMILES string of the molecule is CCOCN(C(=O)CCl)c1c(C)cccc1CC.O=C(O)c1c(Cl)ccc2cc(Cl)cnc12. The zero-order chi connectivity index (χ0) is 24.5. The highest BCUT2D eigenvalue weighted by Crippen LogP contribution is 2.27. The molecular weight excluding hydrogens is 487 g/mol. The van der Waals surface area contributed by atoms with Crippen LogP contribution in [0.2, 0.25) is 10.0 Å². The predicted molar refractivity (Wildman–Crippen MR) is 134 cm³/mol. The number of carbonyl (C=O) groups is 2. The fourth-order valence-electron chi connectivity index (χ4n) is 3.26. The number of aromatic carboxylic acids is 1. The van der Waals surface area contributed by atoms with Crippen molar-refractivity contribution in [1.29, 1.82) is 0 Å². The minimum Gasteiger partial charge on any atom is -0.478 e. The minimum atomic E-state index is -1.10. The predicted octanol–water partition coefficient (Wildman–Crippen LogP) is 6.36. The smallest absolute Gasteiger partial charge is 0.339 e. The summed E-state index contributed by atoms with van der Waals surface area (Å²) in [5, 5.41) is 10.3. The van der Waals surface area contributed by atoms with E-state index in [0.717, 1.165) is 23.2 Å². The molecular formula is C24H25Cl3N2O4. The number of nitrogens with zero attached hydrogens (tertiary/aromatic N) is 2. The molecule has 3 aromatic rings. The van der Waals surface area contributed by atoms with E-state index in [1.807, 2.05) is 32.0 Å². The highest BCUT2D eigenvalue weighted by molar-refractivity contribution is 6.35. The number of benzene rings is 2. The summed E-state index contributed by atoms with van der Waals surface area (Å²) in [6.07, 6.45) is 2.27. The highest BCUT2D eigenvalue weighted by atomic mass is 35.5. The number of fused-ring (bicyclic) bond motifs is 1. The molecule has 0 fully saturated rings. The number of alkyl halides is 1. The van der Waals surface area contributed by atoms with Gasteiger partial charge in [0.05, 0.1) is 21.2 Å². The molecule has 0 unspecified atom stereocenters. The lowest BCUT2D eigenvalue weighted by atomic mass is 10.0. The van der Waals surface area contributed by atoms with Gasteiger partial charge in [-0.3, -0.25) is 14.7 Å². The van der Waals surface area contributed by atoms with Crippen LogP contribution >= 0.6 is 34.8 Å².